The molecule has 1 atom stereocenters. The van der Waals surface area contributed by atoms with E-state index in [4.69, 9.17) is 0 Å². The molecule has 1 amide bonds. The van der Waals surface area contributed by atoms with Crippen LogP contribution in [0.4, 0.5) is 0 Å². The maximum Gasteiger partial charge on any atom is 0.228 e. The van der Waals surface area contributed by atoms with Gasteiger partial charge in [0.2, 0.25) is 5.91 Å². The third-order valence-corrected chi connectivity index (χ3v) is 7.45. The van der Waals surface area contributed by atoms with Crippen molar-refractivity contribution < 1.29 is 13.2 Å². The van der Waals surface area contributed by atoms with Gasteiger partial charge in [-0.3, -0.25) is 4.79 Å². The molecule has 3 heterocycles. The molecule has 22 heavy (non-hydrogen) atoms. The molecule has 1 aliphatic heterocycles. The van der Waals surface area contributed by atoms with E-state index >= 15 is 0 Å². The van der Waals surface area contributed by atoms with Crippen molar-refractivity contribution in [2.75, 3.05) is 18.6 Å². The largest absolute Gasteiger partial charge is 0.341 e. The Morgan fingerprint density at radius 1 is 1.45 bits per heavy atom. The molecule has 118 valence electrons. The molecule has 0 N–H and O–H groups in total. The molecule has 0 bridgehead atoms. The summed E-state index contributed by atoms with van der Waals surface area (Å²) in [4.78, 5) is 19.5. The molecule has 1 unspecified atom stereocenters. The number of amides is 1. The Morgan fingerprint density at radius 2 is 2.27 bits per heavy atom. The summed E-state index contributed by atoms with van der Waals surface area (Å²) in [6, 6.07) is 3.78. The first-order valence-electron chi connectivity index (χ1n) is 6.89. The van der Waals surface area contributed by atoms with Crippen LogP contribution in [0.25, 0.3) is 9.88 Å². The fourth-order valence-corrected chi connectivity index (χ4v) is 5.87. The van der Waals surface area contributed by atoms with Crippen LogP contribution in [0.1, 0.15) is 12.1 Å². The molecular weight excluding hydrogens is 340 g/mol. The zero-order valence-corrected chi connectivity index (χ0v) is 14.5. The highest BCUT2D eigenvalue weighted by Crippen LogP contribution is 2.28. The molecule has 0 saturated carbocycles. The zero-order valence-electron chi connectivity index (χ0n) is 12.1. The van der Waals surface area contributed by atoms with E-state index in [1.807, 2.05) is 22.9 Å². The highest BCUT2D eigenvalue weighted by Gasteiger charge is 2.32. The molecule has 3 rings (SSSR count). The van der Waals surface area contributed by atoms with Gasteiger partial charge in [0.05, 0.1) is 28.5 Å². The third kappa shape index (κ3) is 3.39. The van der Waals surface area contributed by atoms with Gasteiger partial charge < -0.3 is 4.90 Å². The molecule has 0 spiro atoms. The standard InChI is InChI=1S/C14H16N2O3S3/c1-16(11-4-6-22(18,19)9-11)13(17)7-10-8-21-14(15-10)12-3-2-5-20-12/h2-3,5,8,11H,4,6-7,9H2,1H3. The van der Waals surface area contributed by atoms with Gasteiger partial charge in [-0.2, -0.15) is 0 Å². The fourth-order valence-electron chi connectivity index (χ4n) is 2.47. The highest BCUT2D eigenvalue weighted by molar-refractivity contribution is 7.91. The highest BCUT2D eigenvalue weighted by atomic mass is 32.2. The quantitative estimate of drug-likeness (QED) is 0.841. The summed E-state index contributed by atoms with van der Waals surface area (Å²) >= 11 is 3.15. The normalized spacial score (nSPS) is 20.1. The zero-order chi connectivity index (χ0) is 15.7. The smallest absolute Gasteiger partial charge is 0.228 e. The van der Waals surface area contributed by atoms with E-state index in [1.54, 1.807) is 23.3 Å². The predicted octanol–water partition coefficient (Wildman–Crippen LogP) is 2.06. The average molecular weight is 356 g/mol. The van der Waals surface area contributed by atoms with Crippen molar-refractivity contribution in [3.05, 3.63) is 28.6 Å². The Labute approximate surface area is 137 Å². The van der Waals surface area contributed by atoms with Crippen molar-refractivity contribution in [2.45, 2.75) is 18.9 Å². The minimum absolute atomic E-state index is 0.0761. The number of aromatic nitrogens is 1. The lowest BCUT2D eigenvalue weighted by atomic mass is 10.2. The molecule has 5 nitrogen and oxygen atoms in total. The van der Waals surface area contributed by atoms with Crippen LogP contribution < -0.4 is 0 Å². The van der Waals surface area contributed by atoms with Crippen molar-refractivity contribution in [1.82, 2.24) is 9.88 Å². The first-order valence-corrected chi connectivity index (χ1v) is 10.5. The number of nitrogens with zero attached hydrogens (tertiary/aromatic N) is 2. The van der Waals surface area contributed by atoms with E-state index in [0.717, 1.165) is 15.6 Å². The van der Waals surface area contributed by atoms with Gasteiger partial charge in [0.15, 0.2) is 9.84 Å². The maximum absolute atomic E-state index is 12.3. The van der Waals surface area contributed by atoms with Crippen LogP contribution >= 0.6 is 22.7 Å². The predicted molar refractivity (Wildman–Crippen MR) is 89.0 cm³/mol. The van der Waals surface area contributed by atoms with Crippen LogP contribution in [-0.2, 0) is 21.1 Å². The Morgan fingerprint density at radius 3 is 2.91 bits per heavy atom. The van der Waals surface area contributed by atoms with Crippen LogP contribution in [0.5, 0.6) is 0 Å². The summed E-state index contributed by atoms with van der Waals surface area (Å²) in [6.07, 6.45) is 0.747. The number of likely N-dealkylation sites (N-methyl/N-ethyl adjacent to an activating group) is 1. The molecular formula is C14H16N2O3S3. The first-order chi connectivity index (χ1) is 10.4. The van der Waals surface area contributed by atoms with E-state index < -0.39 is 9.84 Å². The van der Waals surface area contributed by atoms with Gasteiger partial charge in [-0.05, 0) is 17.9 Å². The molecule has 1 fully saturated rings. The number of sulfone groups is 1. The van der Waals surface area contributed by atoms with E-state index in [9.17, 15) is 13.2 Å². The van der Waals surface area contributed by atoms with Gasteiger partial charge in [0, 0.05) is 18.5 Å². The minimum atomic E-state index is -2.98. The molecule has 8 heteroatoms. The van der Waals surface area contributed by atoms with E-state index in [2.05, 4.69) is 4.98 Å². The average Bonchev–Trinajstić information content (AvgIpc) is 3.17. The first kappa shape index (κ1) is 15.6. The number of hydrogen-bond acceptors (Lipinski definition) is 6. The van der Waals surface area contributed by atoms with Crippen LogP contribution in [0.3, 0.4) is 0 Å². The second-order valence-corrected chi connectivity index (χ2v) is 9.39. The lowest BCUT2D eigenvalue weighted by Gasteiger charge is -2.23. The number of carbonyl (C=O) groups excluding carboxylic acids is 1. The Kier molecular flexibility index (Phi) is 4.33. The topological polar surface area (TPSA) is 67.3 Å². The molecule has 1 saturated heterocycles. The van der Waals surface area contributed by atoms with Gasteiger partial charge in [-0.1, -0.05) is 6.07 Å². The summed E-state index contributed by atoms with van der Waals surface area (Å²) < 4.78 is 23.0. The van der Waals surface area contributed by atoms with E-state index in [0.29, 0.717) is 6.42 Å². The molecule has 2 aromatic rings. The Balaban J connectivity index is 1.64. The summed E-state index contributed by atoms with van der Waals surface area (Å²) in [5.74, 6) is 0.173. The number of rotatable bonds is 4. The van der Waals surface area contributed by atoms with Crippen molar-refractivity contribution in [3.63, 3.8) is 0 Å². The second-order valence-electron chi connectivity index (χ2n) is 5.36. The number of thiophene rings is 1. The Bertz CT molecular complexity index is 765. The van der Waals surface area contributed by atoms with Gasteiger partial charge in [0.25, 0.3) is 0 Å². The summed E-state index contributed by atoms with van der Waals surface area (Å²) in [7, 11) is -1.30. The number of carbonyl (C=O) groups is 1. The third-order valence-electron chi connectivity index (χ3n) is 3.77. The molecule has 0 aliphatic carbocycles. The van der Waals surface area contributed by atoms with Crippen molar-refractivity contribution >= 4 is 38.4 Å². The second kappa shape index (κ2) is 6.10. The van der Waals surface area contributed by atoms with Crippen molar-refractivity contribution in [2.24, 2.45) is 0 Å². The molecule has 1 aliphatic rings. The summed E-state index contributed by atoms with van der Waals surface area (Å²) in [6.45, 7) is 0. The van der Waals surface area contributed by atoms with E-state index in [1.165, 1.54) is 11.3 Å². The molecule has 0 aromatic carbocycles. The van der Waals surface area contributed by atoms with E-state index in [-0.39, 0.29) is 29.9 Å². The van der Waals surface area contributed by atoms with Gasteiger partial charge in [0.1, 0.15) is 5.01 Å². The lowest BCUT2D eigenvalue weighted by molar-refractivity contribution is -0.130. The van der Waals surface area contributed by atoms with Crippen LogP contribution in [0, 0.1) is 0 Å². The number of thiazole rings is 1. The molecule has 0 radical (unpaired) electrons. The number of hydrogen-bond donors (Lipinski definition) is 0. The fraction of sp³-hybridized carbons (Fsp3) is 0.429. The van der Waals surface area contributed by atoms with Crippen molar-refractivity contribution in [3.8, 4) is 9.88 Å². The molecule has 2 aromatic heterocycles. The lowest BCUT2D eigenvalue weighted by Crippen LogP contribution is -2.38. The van der Waals surface area contributed by atoms with Gasteiger partial charge >= 0.3 is 0 Å². The summed E-state index contributed by atoms with van der Waals surface area (Å²) in [5, 5.41) is 4.81. The van der Waals surface area contributed by atoms with Crippen LogP contribution in [0.15, 0.2) is 22.9 Å². The van der Waals surface area contributed by atoms with Crippen LogP contribution in [-0.4, -0.2) is 48.8 Å². The maximum atomic E-state index is 12.3. The minimum Gasteiger partial charge on any atom is -0.341 e. The van der Waals surface area contributed by atoms with Gasteiger partial charge in [-0.15, -0.1) is 22.7 Å². The van der Waals surface area contributed by atoms with Gasteiger partial charge in [-0.25, -0.2) is 13.4 Å². The SMILES string of the molecule is CN(C(=O)Cc1csc(-c2cccs2)n1)C1CCS(=O)(=O)C1. The Hall–Kier alpha value is -1.25. The summed E-state index contributed by atoms with van der Waals surface area (Å²) in [5.41, 5.74) is 0.742. The monoisotopic (exact) mass is 356 g/mol. The van der Waals surface area contributed by atoms with Crippen LogP contribution in [0.2, 0.25) is 0 Å². The van der Waals surface area contributed by atoms with Crippen molar-refractivity contribution in [1.29, 1.82) is 0 Å².